The molecule has 0 aliphatic rings. The number of allylic oxidation sites excluding steroid dienone is 13. The molecule has 0 aromatic heterocycles. The van der Waals surface area contributed by atoms with Crippen molar-refractivity contribution < 1.29 is 57.4 Å². The molecule has 0 bridgehead atoms. The van der Waals surface area contributed by atoms with Crippen LogP contribution in [0.4, 0.5) is 0 Å². The number of carbonyl (C=O) groups is 2. The Kier molecular flexibility index (Phi) is 39.2. The Morgan fingerprint density at radius 1 is 0.641 bits per heavy atom. The lowest BCUT2D eigenvalue weighted by molar-refractivity contribution is -0.870. The minimum Gasteiger partial charge on any atom is -0.756 e. The minimum absolute atomic E-state index is 0.0872. The lowest BCUT2D eigenvalue weighted by atomic mass is 10.1. The first-order valence-electron chi connectivity index (χ1n) is 23.8. The zero-order valence-corrected chi connectivity index (χ0v) is 40.9. The fourth-order valence-electron chi connectivity index (χ4n) is 5.82. The van der Waals surface area contributed by atoms with E-state index in [-0.39, 0.29) is 32.3 Å². The van der Waals surface area contributed by atoms with Gasteiger partial charge >= 0.3 is 11.9 Å². The van der Waals surface area contributed by atoms with Gasteiger partial charge in [0.15, 0.2) is 6.10 Å². The maximum absolute atomic E-state index is 12.7. The number of nitrogens with zero attached hydrogens (tertiary/aromatic N) is 1. The summed E-state index contributed by atoms with van der Waals surface area (Å²) in [5, 5.41) is 30.5. The van der Waals surface area contributed by atoms with Gasteiger partial charge in [-0.1, -0.05) is 156 Å². The van der Waals surface area contributed by atoms with Crippen LogP contribution >= 0.6 is 7.82 Å². The zero-order chi connectivity index (χ0) is 47.6. The Bertz CT molecular complexity index is 1460. The fraction of sp³-hybridized carbons (Fsp3) is 0.647. The van der Waals surface area contributed by atoms with Crippen LogP contribution in [0.3, 0.4) is 0 Å². The molecule has 0 rings (SSSR count). The number of quaternary nitrogens is 1. The van der Waals surface area contributed by atoms with E-state index in [1.807, 2.05) is 40.2 Å². The number of likely N-dealkylation sites (N-methyl/N-ethyl adjacent to an activating group) is 1. The maximum atomic E-state index is 12.7. The van der Waals surface area contributed by atoms with E-state index in [9.17, 15) is 34.4 Å². The smallest absolute Gasteiger partial charge is 0.306 e. The molecule has 1 unspecified atom stereocenters. The SMILES string of the molecule is CC/C=C\C[C@@H](O)/C=C/C=C/C=C\C=C/[C@H](O)[C@@H](O)CCCC(=O)OC[C@H](COP(=O)([O-])OCC[N+](C)(C)C)OC(=O)CCCCCCCC/C=C\C/C=C\C/C=C\CCCCCC. The molecule has 0 fully saturated rings. The van der Waals surface area contributed by atoms with Crippen LogP contribution in [0.25, 0.3) is 0 Å². The van der Waals surface area contributed by atoms with Crippen molar-refractivity contribution in [3.63, 3.8) is 0 Å². The number of phosphoric ester groups is 1. The second-order valence-corrected chi connectivity index (χ2v) is 18.4. The van der Waals surface area contributed by atoms with Crippen molar-refractivity contribution in [2.75, 3.05) is 47.5 Å². The van der Waals surface area contributed by atoms with Crippen LogP contribution in [0.5, 0.6) is 0 Å². The molecule has 0 amide bonds. The molecule has 5 atom stereocenters. The van der Waals surface area contributed by atoms with Crippen LogP contribution in [-0.4, -0.2) is 104 Å². The molecule has 0 radical (unpaired) electrons. The van der Waals surface area contributed by atoms with E-state index in [0.717, 1.165) is 57.8 Å². The Hall–Kier alpha value is -3.19. The Morgan fingerprint density at radius 2 is 1.20 bits per heavy atom. The molecule has 0 aromatic rings. The average molecular weight is 920 g/mol. The standard InChI is InChI=1S/C51H86NO11P/c1-6-8-10-11-12-13-14-15-16-17-18-19-20-21-22-23-24-25-30-34-40-51(57)63-47(45-62-64(58,59)61-43-42-52(3,4)5)44-60-50(56)41-35-39-49(55)48(54)38-33-29-27-26-28-32-37-46(53)36-31-9-7-2/h9,13-14,16-17,19-20,26-29,31-33,37-38,46-49,53-55H,6-8,10-12,15,18,21-25,30,34-36,39-45H2,1-5H3/b14-13-,17-16-,20-19-,28-26+,29-27-,31-9-,37-32+,38-33-/t46-,47-,48+,49+/m1/s1. The van der Waals surface area contributed by atoms with Crippen molar-refractivity contribution in [3.8, 4) is 0 Å². The summed E-state index contributed by atoms with van der Waals surface area (Å²) < 4.78 is 33.7. The molecule has 0 heterocycles. The quantitative estimate of drug-likeness (QED) is 0.0133. The molecular formula is C51H86NO11P. The highest BCUT2D eigenvalue weighted by Crippen LogP contribution is 2.38. The molecule has 0 aliphatic carbocycles. The molecule has 0 aromatic carbocycles. The number of phosphoric acid groups is 1. The summed E-state index contributed by atoms with van der Waals surface area (Å²) in [6, 6.07) is 0. The van der Waals surface area contributed by atoms with Gasteiger partial charge in [-0.25, -0.2) is 0 Å². The molecule has 64 heavy (non-hydrogen) atoms. The van der Waals surface area contributed by atoms with Gasteiger partial charge in [0.1, 0.15) is 19.8 Å². The second kappa shape index (κ2) is 41.3. The predicted molar refractivity (Wildman–Crippen MR) is 258 cm³/mol. The van der Waals surface area contributed by atoms with E-state index in [0.29, 0.717) is 23.9 Å². The summed E-state index contributed by atoms with van der Waals surface area (Å²) >= 11 is 0. The second-order valence-electron chi connectivity index (χ2n) is 17.0. The molecule has 0 saturated carbocycles. The van der Waals surface area contributed by atoms with Gasteiger partial charge in [0, 0.05) is 12.8 Å². The van der Waals surface area contributed by atoms with Gasteiger partial charge in [-0.05, 0) is 70.6 Å². The Balaban J connectivity index is 4.66. The number of esters is 2. The normalized spacial score (nSPS) is 15.8. The average Bonchev–Trinajstić information content (AvgIpc) is 3.24. The highest BCUT2D eigenvalue weighted by atomic mass is 31.2. The summed E-state index contributed by atoms with van der Waals surface area (Å²) in [7, 11) is 0.948. The number of unbranched alkanes of at least 4 members (excludes halogenated alkanes) is 10. The molecule has 0 saturated heterocycles. The van der Waals surface area contributed by atoms with E-state index in [4.69, 9.17) is 18.5 Å². The summed E-state index contributed by atoms with van der Waals surface area (Å²) in [4.78, 5) is 37.7. The predicted octanol–water partition coefficient (Wildman–Crippen LogP) is 10.0. The molecule has 0 aliphatic heterocycles. The van der Waals surface area contributed by atoms with Gasteiger partial charge < -0.3 is 43.2 Å². The van der Waals surface area contributed by atoms with E-state index < -0.39 is 57.4 Å². The van der Waals surface area contributed by atoms with Gasteiger partial charge in [0.05, 0.1) is 46.1 Å². The lowest BCUT2D eigenvalue weighted by Crippen LogP contribution is -2.37. The molecule has 366 valence electrons. The fourth-order valence-corrected chi connectivity index (χ4v) is 6.55. The van der Waals surface area contributed by atoms with Crippen molar-refractivity contribution in [1.29, 1.82) is 0 Å². The minimum atomic E-state index is -4.72. The highest BCUT2D eigenvalue weighted by Gasteiger charge is 2.22. The summed E-state index contributed by atoms with van der Waals surface area (Å²) in [5.74, 6) is -1.19. The van der Waals surface area contributed by atoms with Gasteiger partial charge in [-0.15, -0.1) is 0 Å². The van der Waals surface area contributed by atoms with Crippen molar-refractivity contribution in [1.82, 2.24) is 0 Å². The topological polar surface area (TPSA) is 172 Å². The van der Waals surface area contributed by atoms with E-state index in [1.165, 1.54) is 38.2 Å². The Morgan fingerprint density at radius 3 is 1.83 bits per heavy atom. The number of hydrogen-bond acceptors (Lipinski definition) is 11. The van der Waals surface area contributed by atoms with Crippen molar-refractivity contribution in [3.05, 3.63) is 97.2 Å². The van der Waals surface area contributed by atoms with E-state index >= 15 is 0 Å². The monoisotopic (exact) mass is 920 g/mol. The van der Waals surface area contributed by atoms with Gasteiger partial charge in [0.2, 0.25) is 0 Å². The third-order valence-electron chi connectivity index (χ3n) is 9.68. The van der Waals surface area contributed by atoms with Crippen molar-refractivity contribution in [2.45, 2.75) is 167 Å². The van der Waals surface area contributed by atoms with Crippen molar-refractivity contribution >= 4 is 19.8 Å². The molecule has 12 nitrogen and oxygen atoms in total. The van der Waals surface area contributed by atoms with Crippen LogP contribution in [0.15, 0.2) is 97.2 Å². The van der Waals surface area contributed by atoms with Crippen LogP contribution < -0.4 is 4.89 Å². The van der Waals surface area contributed by atoms with Crippen molar-refractivity contribution in [2.24, 2.45) is 0 Å². The lowest BCUT2D eigenvalue weighted by Gasteiger charge is -2.28. The first-order valence-corrected chi connectivity index (χ1v) is 25.2. The number of aliphatic hydroxyl groups is 3. The summed E-state index contributed by atoms with van der Waals surface area (Å²) in [6.07, 6.45) is 43.8. The van der Waals surface area contributed by atoms with Gasteiger partial charge in [0.25, 0.3) is 7.82 Å². The van der Waals surface area contributed by atoms with E-state index in [2.05, 4.69) is 43.4 Å². The summed E-state index contributed by atoms with van der Waals surface area (Å²) in [6.45, 7) is 3.58. The third kappa shape index (κ3) is 42.7. The van der Waals surface area contributed by atoms with E-state index in [1.54, 1.807) is 42.5 Å². The van der Waals surface area contributed by atoms with Gasteiger partial charge in [-0.3, -0.25) is 14.2 Å². The number of hydrogen-bond donors (Lipinski definition) is 3. The van der Waals surface area contributed by atoms with Crippen LogP contribution in [-0.2, 0) is 32.7 Å². The van der Waals surface area contributed by atoms with Crippen LogP contribution in [0, 0.1) is 0 Å². The number of ether oxygens (including phenoxy) is 2. The van der Waals surface area contributed by atoms with Crippen LogP contribution in [0.2, 0.25) is 0 Å². The summed E-state index contributed by atoms with van der Waals surface area (Å²) in [5.41, 5.74) is 0. The number of rotatable bonds is 41. The first kappa shape index (κ1) is 60.8. The largest absolute Gasteiger partial charge is 0.756 e. The number of carbonyl (C=O) groups excluding carboxylic acids is 2. The molecule has 0 spiro atoms. The molecule has 3 N–H and O–H groups in total. The third-order valence-corrected chi connectivity index (χ3v) is 10.6. The molecule has 13 heteroatoms. The number of aliphatic hydroxyl groups excluding tert-OH is 3. The molecular weight excluding hydrogens is 834 g/mol. The Labute approximate surface area is 387 Å². The van der Waals surface area contributed by atoms with Crippen LogP contribution in [0.1, 0.15) is 142 Å². The zero-order valence-electron chi connectivity index (χ0n) is 40.0. The van der Waals surface area contributed by atoms with Gasteiger partial charge in [-0.2, -0.15) is 0 Å². The highest BCUT2D eigenvalue weighted by molar-refractivity contribution is 7.45. The first-order chi connectivity index (χ1) is 30.7. The maximum Gasteiger partial charge on any atom is 0.306 e.